The molecule has 0 aromatic heterocycles. The first-order chi connectivity index (χ1) is 12.9. The van der Waals surface area contributed by atoms with Crippen molar-refractivity contribution in [1.29, 1.82) is 0 Å². The molecule has 0 heterocycles. The number of ether oxygens (including phenoxy) is 3. The average Bonchev–Trinajstić information content (AvgIpc) is 2.66. The third kappa shape index (κ3) is 5.01. The number of hydrogen-bond donors (Lipinski definition) is 1. The maximum atomic E-state index is 12.3. The van der Waals surface area contributed by atoms with Crippen LogP contribution in [0, 0.1) is 10.1 Å². The fourth-order valence-corrected chi connectivity index (χ4v) is 2.53. The van der Waals surface area contributed by atoms with Crippen molar-refractivity contribution in [1.82, 2.24) is 5.32 Å². The molecule has 0 spiro atoms. The van der Waals surface area contributed by atoms with E-state index in [0.717, 1.165) is 0 Å². The van der Waals surface area contributed by atoms with E-state index >= 15 is 0 Å². The second-order valence-corrected chi connectivity index (χ2v) is 5.91. The second-order valence-electron chi connectivity index (χ2n) is 5.50. The Morgan fingerprint density at radius 2 is 1.81 bits per heavy atom. The van der Waals surface area contributed by atoms with Crippen LogP contribution in [-0.4, -0.2) is 31.2 Å². The van der Waals surface area contributed by atoms with Gasteiger partial charge in [-0.1, -0.05) is 23.7 Å². The van der Waals surface area contributed by atoms with E-state index in [2.05, 4.69) is 5.32 Å². The Kier molecular flexibility index (Phi) is 6.84. The molecule has 1 atom stereocenters. The number of carbonyl (C=O) groups excluding carboxylic acids is 1. The summed E-state index contributed by atoms with van der Waals surface area (Å²) in [7, 11) is 2.99. The van der Waals surface area contributed by atoms with Crippen molar-refractivity contribution in [3.63, 3.8) is 0 Å². The predicted octanol–water partition coefficient (Wildman–Crippen LogP) is 3.35. The van der Waals surface area contributed by atoms with Gasteiger partial charge < -0.3 is 19.5 Å². The molecule has 2 aromatic carbocycles. The van der Waals surface area contributed by atoms with E-state index in [0.29, 0.717) is 22.1 Å². The second kappa shape index (κ2) is 9.09. The van der Waals surface area contributed by atoms with Gasteiger partial charge in [0.05, 0.1) is 19.1 Å². The molecule has 9 heteroatoms. The summed E-state index contributed by atoms with van der Waals surface area (Å²) in [6, 6.07) is 9.12. The van der Waals surface area contributed by atoms with E-state index in [-0.39, 0.29) is 18.0 Å². The number of nitrogens with zero attached hydrogens (tertiary/aromatic N) is 1. The maximum absolute atomic E-state index is 12.3. The molecule has 0 aliphatic heterocycles. The molecule has 2 rings (SSSR count). The minimum atomic E-state index is -0.940. The van der Waals surface area contributed by atoms with Crippen LogP contribution in [0.2, 0.25) is 5.02 Å². The van der Waals surface area contributed by atoms with E-state index in [9.17, 15) is 14.9 Å². The minimum Gasteiger partial charge on any atom is -0.493 e. The van der Waals surface area contributed by atoms with Gasteiger partial charge in [-0.3, -0.25) is 14.9 Å². The monoisotopic (exact) mass is 394 g/mol. The lowest BCUT2D eigenvalue weighted by Gasteiger charge is -2.16. The zero-order valence-corrected chi connectivity index (χ0v) is 15.8. The lowest BCUT2D eigenvalue weighted by Crippen LogP contribution is -2.36. The molecule has 0 radical (unpaired) electrons. The number of nitro benzene ring substituents is 1. The summed E-state index contributed by atoms with van der Waals surface area (Å²) in [5.41, 5.74) is 0.417. The van der Waals surface area contributed by atoms with Crippen molar-refractivity contribution in [2.24, 2.45) is 0 Å². The fraction of sp³-hybridized carbons (Fsp3) is 0.278. The SMILES string of the molecule is COc1cc(Cl)c(CNC(=O)C(C)Oc2ccccc2[N+](=O)[O-])cc1OC. The Hall–Kier alpha value is -3.00. The molecule has 27 heavy (non-hydrogen) atoms. The molecule has 2 aromatic rings. The van der Waals surface area contributed by atoms with Gasteiger partial charge >= 0.3 is 5.69 Å². The molecule has 1 amide bonds. The summed E-state index contributed by atoms with van der Waals surface area (Å²) in [6.45, 7) is 1.63. The predicted molar refractivity (Wildman–Crippen MR) is 99.6 cm³/mol. The van der Waals surface area contributed by atoms with Crippen LogP contribution in [0.4, 0.5) is 5.69 Å². The first-order valence-corrected chi connectivity index (χ1v) is 8.33. The van der Waals surface area contributed by atoms with Crippen LogP contribution < -0.4 is 19.5 Å². The van der Waals surface area contributed by atoms with E-state index in [1.807, 2.05) is 0 Å². The summed E-state index contributed by atoms with van der Waals surface area (Å²) >= 11 is 6.19. The fourth-order valence-electron chi connectivity index (χ4n) is 2.31. The summed E-state index contributed by atoms with van der Waals surface area (Å²) in [6.07, 6.45) is -0.940. The van der Waals surface area contributed by atoms with E-state index in [4.69, 9.17) is 25.8 Å². The molecule has 1 N–H and O–H groups in total. The van der Waals surface area contributed by atoms with Crippen molar-refractivity contribution >= 4 is 23.2 Å². The zero-order valence-electron chi connectivity index (χ0n) is 15.0. The van der Waals surface area contributed by atoms with Crippen molar-refractivity contribution in [2.45, 2.75) is 19.6 Å². The van der Waals surface area contributed by atoms with Crippen LogP contribution in [-0.2, 0) is 11.3 Å². The number of halogens is 1. The Morgan fingerprint density at radius 3 is 2.44 bits per heavy atom. The van der Waals surface area contributed by atoms with E-state index in [1.165, 1.54) is 39.3 Å². The van der Waals surface area contributed by atoms with E-state index in [1.54, 1.807) is 18.2 Å². The number of para-hydroxylation sites is 2. The molecule has 1 unspecified atom stereocenters. The molecule has 0 saturated heterocycles. The summed E-state index contributed by atoms with van der Waals surface area (Å²) < 4.78 is 15.8. The number of nitro groups is 1. The molecular formula is C18H19ClN2O6. The van der Waals surface area contributed by atoms with Crippen molar-refractivity contribution in [3.8, 4) is 17.2 Å². The van der Waals surface area contributed by atoms with Gasteiger partial charge in [0.15, 0.2) is 23.4 Å². The molecule has 8 nitrogen and oxygen atoms in total. The highest BCUT2D eigenvalue weighted by Crippen LogP contribution is 2.33. The van der Waals surface area contributed by atoms with Crippen LogP contribution in [0.1, 0.15) is 12.5 Å². The molecule has 0 aliphatic carbocycles. The first kappa shape index (κ1) is 20.3. The molecule has 144 valence electrons. The van der Waals surface area contributed by atoms with Crippen LogP contribution >= 0.6 is 11.6 Å². The molecule has 0 aliphatic rings. The van der Waals surface area contributed by atoms with Gasteiger partial charge in [-0.2, -0.15) is 0 Å². The third-order valence-electron chi connectivity index (χ3n) is 3.74. The van der Waals surface area contributed by atoms with Crippen LogP contribution in [0.3, 0.4) is 0 Å². The largest absolute Gasteiger partial charge is 0.493 e. The Bertz CT molecular complexity index is 843. The smallest absolute Gasteiger partial charge is 0.310 e. The number of amides is 1. The van der Waals surface area contributed by atoms with Gasteiger partial charge in [0.1, 0.15) is 0 Å². The highest BCUT2D eigenvalue weighted by atomic mass is 35.5. The van der Waals surface area contributed by atoms with Gasteiger partial charge in [0.25, 0.3) is 5.91 Å². The third-order valence-corrected chi connectivity index (χ3v) is 4.09. The van der Waals surface area contributed by atoms with Gasteiger partial charge in [-0.05, 0) is 24.6 Å². The standard InChI is InChI=1S/C18H19ClN2O6/c1-11(27-15-7-5-4-6-14(15)21(23)24)18(22)20-10-12-8-16(25-2)17(26-3)9-13(12)19/h4-9,11H,10H2,1-3H3,(H,20,22). The van der Waals surface area contributed by atoms with Crippen molar-refractivity contribution < 1.29 is 23.9 Å². The minimum absolute atomic E-state index is 0.0225. The lowest BCUT2D eigenvalue weighted by atomic mass is 10.2. The Labute approximate surface area is 161 Å². The van der Waals surface area contributed by atoms with Gasteiger partial charge in [-0.25, -0.2) is 0 Å². The summed E-state index contributed by atoms with van der Waals surface area (Å²) in [4.78, 5) is 22.7. The Morgan fingerprint density at radius 1 is 1.19 bits per heavy atom. The van der Waals surface area contributed by atoms with Crippen LogP contribution in [0.25, 0.3) is 0 Å². The molecule has 0 fully saturated rings. The average molecular weight is 395 g/mol. The van der Waals surface area contributed by atoms with Crippen molar-refractivity contribution in [3.05, 3.63) is 57.1 Å². The van der Waals surface area contributed by atoms with Crippen LogP contribution in [0.15, 0.2) is 36.4 Å². The lowest BCUT2D eigenvalue weighted by molar-refractivity contribution is -0.386. The van der Waals surface area contributed by atoms with Gasteiger partial charge in [-0.15, -0.1) is 0 Å². The zero-order chi connectivity index (χ0) is 20.0. The number of hydrogen-bond acceptors (Lipinski definition) is 6. The number of rotatable bonds is 8. The highest BCUT2D eigenvalue weighted by Gasteiger charge is 2.21. The maximum Gasteiger partial charge on any atom is 0.310 e. The molecule has 0 bridgehead atoms. The number of methoxy groups -OCH3 is 2. The number of carbonyl (C=O) groups is 1. The quantitative estimate of drug-likeness (QED) is 0.544. The number of nitrogens with one attached hydrogen (secondary N) is 1. The van der Waals surface area contributed by atoms with E-state index < -0.39 is 16.9 Å². The highest BCUT2D eigenvalue weighted by molar-refractivity contribution is 6.31. The molecular weight excluding hydrogens is 376 g/mol. The first-order valence-electron chi connectivity index (χ1n) is 7.95. The summed E-state index contributed by atoms with van der Waals surface area (Å²) in [5.74, 6) is 0.536. The van der Waals surface area contributed by atoms with Crippen LogP contribution in [0.5, 0.6) is 17.2 Å². The number of benzene rings is 2. The Balaban J connectivity index is 2.05. The van der Waals surface area contributed by atoms with Gasteiger partial charge in [0.2, 0.25) is 0 Å². The normalized spacial score (nSPS) is 11.4. The molecule has 0 saturated carbocycles. The summed E-state index contributed by atoms with van der Waals surface area (Å²) in [5, 5.41) is 14.1. The topological polar surface area (TPSA) is 99.9 Å². The van der Waals surface area contributed by atoms with Gasteiger partial charge in [0, 0.05) is 23.7 Å². The van der Waals surface area contributed by atoms with Crippen molar-refractivity contribution in [2.75, 3.05) is 14.2 Å².